The van der Waals surface area contributed by atoms with Crippen LogP contribution < -0.4 is 15.2 Å². The number of carbonyl (C=O) groups is 1. The number of rotatable bonds is 5. The molecule has 0 aliphatic heterocycles. The van der Waals surface area contributed by atoms with Gasteiger partial charge >= 0.3 is 0 Å². The molecular weight excluding hydrogens is 311 g/mol. The average Bonchev–Trinajstić information content (AvgIpc) is 2.59. The predicted octanol–water partition coefficient (Wildman–Crippen LogP) is 3.06. The molecule has 1 heterocycles. The molecule has 0 bridgehead atoms. The number of methoxy groups -OCH3 is 1. The van der Waals surface area contributed by atoms with Crippen molar-refractivity contribution in [3.8, 4) is 11.5 Å². The fraction of sp³-hybridized carbons (Fsp3) is 0.111. The lowest BCUT2D eigenvalue weighted by Gasteiger charge is -2.14. The van der Waals surface area contributed by atoms with Gasteiger partial charge in [-0.05, 0) is 30.3 Å². The van der Waals surface area contributed by atoms with Gasteiger partial charge in [0.2, 0.25) is 0 Å². The minimum atomic E-state index is -0.633. The third-order valence-electron chi connectivity index (χ3n) is 3.58. The maximum Gasteiger partial charge on any atom is 0.252 e. The van der Waals surface area contributed by atoms with Crippen molar-refractivity contribution in [2.75, 3.05) is 7.11 Å². The molecule has 0 saturated carbocycles. The normalized spacial score (nSPS) is 10.6. The van der Waals surface area contributed by atoms with Crippen molar-refractivity contribution in [1.29, 1.82) is 0 Å². The van der Waals surface area contributed by atoms with E-state index in [1.54, 1.807) is 36.5 Å². The number of pyridine rings is 1. The van der Waals surface area contributed by atoms with Gasteiger partial charge in [-0.25, -0.2) is 4.39 Å². The van der Waals surface area contributed by atoms with Gasteiger partial charge in [-0.1, -0.05) is 12.1 Å². The number of hydrogen-bond donors (Lipinski definition) is 1. The lowest BCUT2D eigenvalue weighted by Crippen LogP contribution is -2.13. The van der Waals surface area contributed by atoms with Crippen LogP contribution in [0, 0.1) is 5.82 Å². The van der Waals surface area contributed by atoms with Gasteiger partial charge < -0.3 is 15.2 Å². The van der Waals surface area contributed by atoms with E-state index in [9.17, 15) is 9.18 Å². The van der Waals surface area contributed by atoms with E-state index in [1.165, 1.54) is 19.2 Å². The molecule has 3 aromatic rings. The minimum absolute atomic E-state index is 0.0198. The summed E-state index contributed by atoms with van der Waals surface area (Å²) in [6, 6.07) is 11.1. The van der Waals surface area contributed by atoms with Crippen LogP contribution in [0.4, 0.5) is 4.39 Å². The predicted molar refractivity (Wildman–Crippen MR) is 87.5 cm³/mol. The zero-order valence-electron chi connectivity index (χ0n) is 13.0. The molecule has 0 fully saturated rings. The van der Waals surface area contributed by atoms with Crippen LogP contribution in [0.5, 0.6) is 11.5 Å². The van der Waals surface area contributed by atoms with Crippen molar-refractivity contribution in [2.24, 2.45) is 5.73 Å². The standard InChI is InChI=1S/C18H15FN2O3/c1-23-15-6-2-5-14(18(20)22)17(15)24-10-12-9-13(19)8-11-4-3-7-21-16(11)12/h2-9H,10H2,1H3,(H2,20,22). The van der Waals surface area contributed by atoms with Gasteiger partial charge in [0, 0.05) is 17.1 Å². The molecule has 0 aliphatic carbocycles. The van der Waals surface area contributed by atoms with Gasteiger partial charge in [-0.15, -0.1) is 0 Å². The summed E-state index contributed by atoms with van der Waals surface area (Å²) in [7, 11) is 1.46. The van der Waals surface area contributed by atoms with Crippen molar-refractivity contribution in [1.82, 2.24) is 4.98 Å². The van der Waals surface area contributed by atoms with Gasteiger partial charge in [-0.3, -0.25) is 9.78 Å². The number of primary amides is 1. The first kappa shape index (κ1) is 15.7. The average molecular weight is 326 g/mol. The molecule has 2 aromatic carbocycles. The number of aromatic nitrogens is 1. The number of nitrogens with zero attached hydrogens (tertiary/aromatic N) is 1. The second-order valence-corrected chi connectivity index (χ2v) is 5.13. The summed E-state index contributed by atoms with van der Waals surface area (Å²) in [4.78, 5) is 15.8. The van der Waals surface area contributed by atoms with Gasteiger partial charge in [0.1, 0.15) is 12.4 Å². The highest BCUT2D eigenvalue weighted by Gasteiger charge is 2.16. The van der Waals surface area contributed by atoms with Crippen molar-refractivity contribution in [2.45, 2.75) is 6.61 Å². The molecule has 0 unspecified atom stereocenters. The number of carbonyl (C=O) groups excluding carboxylic acids is 1. The maximum atomic E-state index is 13.8. The summed E-state index contributed by atoms with van der Waals surface area (Å²) in [5, 5.41) is 0.672. The number of nitrogens with two attached hydrogens (primary N) is 1. The zero-order chi connectivity index (χ0) is 17.1. The molecular formula is C18H15FN2O3. The topological polar surface area (TPSA) is 74.4 Å². The Balaban J connectivity index is 1.99. The van der Waals surface area contributed by atoms with E-state index in [0.29, 0.717) is 22.2 Å². The monoisotopic (exact) mass is 326 g/mol. The lowest BCUT2D eigenvalue weighted by atomic mass is 10.1. The second-order valence-electron chi connectivity index (χ2n) is 5.13. The Hall–Kier alpha value is -3.15. The summed E-state index contributed by atoms with van der Waals surface area (Å²) >= 11 is 0. The first-order valence-electron chi connectivity index (χ1n) is 7.23. The van der Waals surface area contributed by atoms with Crippen molar-refractivity contribution in [3.63, 3.8) is 0 Å². The van der Waals surface area contributed by atoms with E-state index >= 15 is 0 Å². The van der Waals surface area contributed by atoms with Crippen LogP contribution in [0.3, 0.4) is 0 Å². The summed E-state index contributed by atoms with van der Waals surface area (Å²) in [5.74, 6) is -0.420. The fourth-order valence-corrected chi connectivity index (χ4v) is 2.51. The second kappa shape index (κ2) is 6.54. The molecule has 0 aliphatic rings. The Bertz CT molecular complexity index is 912. The zero-order valence-corrected chi connectivity index (χ0v) is 13.0. The molecule has 3 rings (SSSR count). The van der Waals surface area contributed by atoms with Crippen LogP contribution in [0.15, 0.2) is 48.7 Å². The van der Waals surface area contributed by atoms with E-state index in [4.69, 9.17) is 15.2 Å². The lowest BCUT2D eigenvalue weighted by molar-refractivity contribution is 0.0995. The van der Waals surface area contributed by atoms with Crippen LogP contribution in [-0.4, -0.2) is 18.0 Å². The highest BCUT2D eigenvalue weighted by Crippen LogP contribution is 2.32. The van der Waals surface area contributed by atoms with Crippen molar-refractivity contribution >= 4 is 16.8 Å². The number of ether oxygens (including phenoxy) is 2. The van der Waals surface area contributed by atoms with Crippen LogP contribution in [-0.2, 0) is 6.61 Å². The highest BCUT2D eigenvalue weighted by molar-refractivity contribution is 5.96. The highest BCUT2D eigenvalue weighted by atomic mass is 19.1. The van der Waals surface area contributed by atoms with E-state index < -0.39 is 5.91 Å². The third-order valence-corrected chi connectivity index (χ3v) is 3.58. The molecule has 5 nitrogen and oxygen atoms in total. The summed E-state index contributed by atoms with van der Waals surface area (Å²) in [5.41, 5.74) is 6.77. The molecule has 24 heavy (non-hydrogen) atoms. The Kier molecular flexibility index (Phi) is 4.29. The van der Waals surface area contributed by atoms with Gasteiger partial charge in [0.15, 0.2) is 11.5 Å². The molecule has 1 amide bonds. The van der Waals surface area contributed by atoms with Crippen LogP contribution >= 0.6 is 0 Å². The SMILES string of the molecule is COc1cccc(C(N)=O)c1OCc1cc(F)cc2cccnc12. The van der Waals surface area contributed by atoms with E-state index in [2.05, 4.69) is 4.98 Å². The van der Waals surface area contributed by atoms with Crippen molar-refractivity contribution < 1.29 is 18.7 Å². The molecule has 0 spiro atoms. The van der Waals surface area contributed by atoms with Gasteiger partial charge in [0.25, 0.3) is 5.91 Å². The maximum absolute atomic E-state index is 13.8. The minimum Gasteiger partial charge on any atom is -0.493 e. The number of hydrogen-bond acceptors (Lipinski definition) is 4. The first-order valence-corrected chi connectivity index (χ1v) is 7.23. The summed E-state index contributed by atoms with van der Waals surface area (Å²) < 4.78 is 24.7. The molecule has 1 aromatic heterocycles. The number of fused-ring (bicyclic) bond motifs is 1. The molecule has 0 saturated heterocycles. The Morgan fingerprint density at radius 1 is 1.25 bits per heavy atom. The largest absolute Gasteiger partial charge is 0.493 e. The van der Waals surface area contributed by atoms with Crippen LogP contribution in [0.2, 0.25) is 0 Å². The number of amides is 1. The molecule has 0 radical (unpaired) electrons. The summed E-state index contributed by atoms with van der Waals surface area (Å²) in [6.45, 7) is 0.0198. The molecule has 0 atom stereocenters. The summed E-state index contributed by atoms with van der Waals surface area (Å²) in [6.07, 6.45) is 1.63. The van der Waals surface area contributed by atoms with E-state index in [1.807, 2.05) is 0 Å². The van der Waals surface area contributed by atoms with Gasteiger partial charge in [-0.2, -0.15) is 0 Å². The number of halogens is 1. The molecule has 2 N–H and O–H groups in total. The van der Waals surface area contributed by atoms with Crippen LogP contribution in [0.1, 0.15) is 15.9 Å². The Morgan fingerprint density at radius 3 is 2.83 bits per heavy atom. The van der Waals surface area contributed by atoms with Crippen molar-refractivity contribution in [3.05, 3.63) is 65.6 Å². The van der Waals surface area contributed by atoms with E-state index in [-0.39, 0.29) is 23.7 Å². The first-order chi connectivity index (χ1) is 11.6. The third kappa shape index (κ3) is 2.99. The van der Waals surface area contributed by atoms with E-state index in [0.717, 1.165) is 0 Å². The van der Waals surface area contributed by atoms with Crippen LogP contribution in [0.25, 0.3) is 10.9 Å². The Labute approximate surface area is 137 Å². The molecule has 6 heteroatoms. The van der Waals surface area contributed by atoms with Gasteiger partial charge in [0.05, 0.1) is 18.2 Å². The Morgan fingerprint density at radius 2 is 2.08 bits per heavy atom. The fourth-order valence-electron chi connectivity index (χ4n) is 2.51. The number of benzene rings is 2. The number of para-hydroxylation sites is 1. The molecule has 122 valence electrons. The smallest absolute Gasteiger partial charge is 0.252 e. The quantitative estimate of drug-likeness (QED) is 0.782.